The lowest BCUT2D eigenvalue weighted by Crippen LogP contribution is -2.35. The maximum Gasteiger partial charge on any atom is 0.251 e. The van der Waals surface area contributed by atoms with E-state index in [0.717, 1.165) is 31.2 Å². The number of carbonyl (C=O) groups excluding carboxylic acids is 1. The minimum Gasteiger partial charge on any atom is -0.494 e. The second kappa shape index (κ2) is 9.89. The van der Waals surface area contributed by atoms with E-state index in [0.29, 0.717) is 42.4 Å². The first-order valence-corrected chi connectivity index (χ1v) is 11.5. The number of ether oxygens (including phenoxy) is 1. The fourth-order valence-corrected chi connectivity index (χ4v) is 4.78. The largest absolute Gasteiger partial charge is 0.494 e. The van der Waals surface area contributed by atoms with E-state index in [1.807, 2.05) is 13.0 Å². The third kappa shape index (κ3) is 5.58. The number of hydrogen-bond donors (Lipinski definition) is 1. The zero-order valence-corrected chi connectivity index (χ0v) is 17.6. The normalized spacial score (nSPS) is 15.1. The molecule has 0 bridgehead atoms. The summed E-state index contributed by atoms with van der Waals surface area (Å²) in [6, 6.07) is 13.8. The quantitative estimate of drug-likeness (QED) is 0.714. The van der Waals surface area contributed by atoms with Crippen molar-refractivity contribution in [2.45, 2.75) is 44.0 Å². The smallest absolute Gasteiger partial charge is 0.251 e. The van der Waals surface area contributed by atoms with E-state index in [-0.39, 0.29) is 5.91 Å². The van der Waals surface area contributed by atoms with Gasteiger partial charge in [-0.25, -0.2) is 8.42 Å². The van der Waals surface area contributed by atoms with Crippen molar-refractivity contribution < 1.29 is 17.9 Å². The van der Waals surface area contributed by atoms with Crippen molar-refractivity contribution in [2.75, 3.05) is 19.7 Å². The lowest BCUT2D eigenvalue weighted by atomic mass is 10.2. The van der Waals surface area contributed by atoms with Gasteiger partial charge in [0.05, 0.1) is 11.5 Å². The molecule has 1 fully saturated rings. The molecule has 0 aliphatic carbocycles. The number of carbonyl (C=O) groups is 1. The minimum absolute atomic E-state index is 0.197. The van der Waals surface area contributed by atoms with Gasteiger partial charge in [0.1, 0.15) is 5.75 Å². The van der Waals surface area contributed by atoms with Crippen LogP contribution in [0.15, 0.2) is 53.4 Å². The number of piperidine rings is 1. The van der Waals surface area contributed by atoms with Gasteiger partial charge in [-0.05, 0) is 55.2 Å². The monoisotopic (exact) mass is 416 g/mol. The molecule has 1 amide bonds. The Morgan fingerprint density at radius 2 is 1.79 bits per heavy atom. The Hall–Kier alpha value is -2.38. The van der Waals surface area contributed by atoms with Crippen molar-refractivity contribution in [3.63, 3.8) is 0 Å². The van der Waals surface area contributed by atoms with Gasteiger partial charge in [0.2, 0.25) is 10.0 Å². The topological polar surface area (TPSA) is 75.7 Å². The lowest BCUT2D eigenvalue weighted by molar-refractivity contribution is 0.0950. The van der Waals surface area contributed by atoms with Crippen LogP contribution in [0.3, 0.4) is 0 Å². The van der Waals surface area contributed by atoms with Crippen LogP contribution in [0.2, 0.25) is 0 Å². The molecule has 3 rings (SSSR count). The van der Waals surface area contributed by atoms with Crippen molar-refractivity contribution in [2.24, 2.45) is 0 Å². The number of sulfonamides is 1. The van der Waals surface area contributed by atoms with Crippen molar-refractivity contribution in [1.29, 1.82) is 0 Å². The molecule has 1 aliphatic heterocycles. The molecule has 2 aromatic carbocycles. The summed E-state index contributed by atoms with van der Waals surface area (Å²) in [6.45, 7) is 4.13. The van der Waals surface area contributed by atoms with E-state index in [9.17, 15) is 13.2 Å². The van der Waals surface area contributed by atoms with Gasteiger partial charge in [0.25, 0.3) is 5.91 Å². The lowest BCUT2D eigenvalue weighted by Gasteiger charge is -2.25. The van der Waals surface area contributed by atoms with Crippen molar-refractivity contribution in [3.8, 4) is 5.75 Å². The van der Waals surface area contributed by atoms with E-state index in [1.165, 1.54) is 0 Å². The van der Waals surface area contributed by atoms with E-state index >= 15 is 0 Å². The molecule has 0 aromatic heterocycles. The van der Waals surface area contributed by atoms with E-state index in [4.69, 9.17) is 4.74 Å². The van der Waals surface area contributed by atoms with Crippen molar-refractivity contribution in [3.05, 3.63) is 59.7 Å². The Morgan fingerprint density at radius 1 is 1.07 bits per heavy atom. The Kier molecular flexibility index (Phi) is 7.28. The third-order valence-corrected chi connectivity index (χ3v) is 6.81. The molecule has 156 valence electrons. The molecule has 1 N–H and O–H groups in total. The van der Waals surface area contributed by atoms with E-state index in [1.54, 1.807) is 46.8 Å². The molecule has 0 saturated carbocycles. The Balaban J connectivity index is 1.59. The predicted octanol–water partition coefficient (Wildman–Crippen LogP) is 3.58. The Bertz CT molecular complexity index is 920. The standard InChI is InChI=1S/C22H28N2O4S/c1-2-15-28-20-8-6-7-19(16-20)22(25)23-17-18-9-11-21(12-10-18)29(26,27)24-13-4-3-5-14-24/h6-12,16H,2-5,13-15,17H2,1H3,(H,23,25). The van der Waals surface area contributed by atoms with Crippen LogP contribution in [0.25, 0.3) is 0 Å². The first-order chi connectivity index (χ1) is 14.0. The SMILES string of the molecule is CCCOc1cccc(C(=O)NCc2ccc(S(=O)(=O)N3CCCCC3)cc2)c1. The number of rotatable bonds is 8. The highest BCUT2D eigenvalue weighted by molar-refractivity contribution is 7.89. The highest BCUT2D eigenvalue weighted by atomic mass is 32.2. The second-order valence-electron chi connectivity index (χ2n) is 7.17. The van der Waals surface area contributed by atoms with Crippen LogP contribution in [0.5, 0.6) is 5.75 Å². The molecule has 1 saturated heterocycles. The van der Waals surface area contributed by atoms with Crippen LogP contribution in [0.1, 0.15) is 48.5 Å². The van der Waals surface area contributed by atoms with Gasteiger partial charge in [0.15, 0.2) is 0 Å². The molecule has 6 nitrogen and oxygen atoms in total. The summed E-state index contributed by atoms with van der Waals surface area (Å²) in [5.41, 5.74) is 1.37. The van der Waals surface area contributed by atoms with Gasteiger partial charge in [-0.1, -0.05) is 31.5 Å². The Labute approximate surface area is 172 Å². The predicted molar refractivity (Wildman–Crippen MR) is 112 cm³/mol. The highest BCUT2D eigenvalue weighted by Gasteiger charge is 2.25. The van der Waals surface area contributed by atoms with Gasteiger partial charge in [-0.3, -0.25) is 4.79 Å². The summed E-state index contributed by atoms with van der Waals surface area (Å²) < 4.78 is 32.5. The molecular formula is C22H28N2O4S. The van der Waals surface area contributed by atoms with E-state index in [2.05, 4.69) is 5.32 Å². The van der Waals surface area contributed by atoms with Crippen LogP contribution >= 0.6 is 0 Å². The number of nitrogens with one attached hydrogen (secondary N) is 1. The molecule has 1 heterocycles. The van der Waals surface area contributed by atoms with Crippen molar-refractivity contribution in [1.82, 2.24) is 9.62 Å². The number of hydrogen-bond acceptors (Lipinski definition) is 4. The maximum atomic E-state index is 12.7. The molecule has 1 aliphatic rings. The van der Waals surface area contributed by atoms with Gasteiger partial charge in [-0.15, -0.1) is 0 Å². The van der Waals surface area contributed by atoms with Crippen LogP contribution < -0.4 is 10.1 Å². The van der Waals surface area contributed by atoms with Crippen LogP contribution in [0, 0.1) is 0 Å². The van der Waals surface area contributed by atoms with Crippen LogP contribution in [-0.2, 0) is 16.6 Å². The summed E-state index contributed by atoms with van der Waals surface area (Å²) >= 11 is 0. The summed E-state index contributed by atoms with van der Waals surface area (Å²) in [5, 5.41) is 2.87. The maximum absolute atomic E-state index is 12.7. The number of benzene rings is 2. The van der Waals surface area contributed by atoms with Gasteiger partial charge in [0, 0.05) is 25.2 Å². The average Bonchev–Trinajstić information content (AvgIpc) is 2.77. The van der Waals surface area contributed by atoms with E-state index < -0.39 is 10.0 Å². The molecule has 0 atom stereocenters. The summed E-state index contributed by atoms with van der Waals surface area (Å²) in [6.07, 6.45) is 3.81. The molecule has 29 heavy (non-hydrogen) atoms. The van der Waals surface area contributed by atoms with Gasteiger partial charge < -0.3 is 10.1 Å². The molecule has 7 heteroatoms. The average molecular weight is 417 g/mol. The van der Waals surface area contributed by atoms with Crippen LogP contribution in [0.4, 0.5) is 0 Å². The second-order valence-corrected chi connectivity index (χ2v) is 9.11. The fourth-order valence-electron chi connectivity index (χ4n) is 3.27. The summed E-state index contributed by atoms with van der Waals surface area (Å²) in [5.74, 6) is 0.476. The van der Waals surface area contributed by atoms with Crippen molar-refractivity contribution >= 4 is 15.9 Å². The van der Waals surface area contributed by atoms with Gasteiger partial charge in [-0.2, -0.15) is 4.31 Å². The molecule has 0 spiro atoms. The molecule has 0 radical (unpaired) electrons. The zero-order valence-electron chi connectivity index (χ0n) is 16.8. The first-order valence-electron chi connectivity index (χ1n) is 10.1. The summed E-state index contributed by atoms with van der Waals surface area (Å²) in [4.78, 5) is 12.7. The third-order valence-electron chi connectivity index (χ3n) is 4.90. The number of nitrogens with zero attached hydrogens (tertiary/aromatic N) is 1. The van der Waals surface area contributed by atoms with Gasteiger partial charge >= 0.3 is 0 Å². The summed E-state index contributed by atoms with van der Waals surface area (Å²) in [7, 11) is -3.43. The fraction of sp³-hybridized carbons (Fsp3) is 0.409. The minimum atomic E-state index is -3.43. The molecule has 0 unspecified atom stereocenters. The first kappa shape index (κ1) is 21.3. The Morgan fingerprint density at radius 3 is 2.48 bits per heavy atom. The zero-order chi connectivity index (χ0) is 20.7. The number of amides is 1. The highest BCUT2D eigenvalue weighted by Crippen LogP contribution is 2.21. The molecular weight excluding hydrogens is 388 g/mol. The van der Waals surface area contributed by atoms with Crippen LogP contribution in [-0.4, -0.2) is 38.3 Å². The molecule has 2 aromatic rings.